The van der Waals surface area contributed by atoms with E-state index in [1.165, 1.54) is 19.3 Å². The van der Waals surface area contributed by atoms with Gasteiger partial charge >= 0.3 is 6.61 Å². The first-order valence-electron chi connectivity index (χ1n) is 8.20. The number of thiazole rings is 1. The number of aromatic nitrogens is 1. The average molecular weight is 428 g/mol. The Morgan fingerprint density at radius 2 is 1.97 bits per heavy atom. The van der Waals surface area contributed by atoms with E-state index < -0.39 is 33.9 Å². The average Bonchev–Trinajstić information content (AvgIpc) is 2.93. The minimum absolute atomic E-state index is 0.0467. The Kier molecular flexibility index (Phi) is 6.52. The molecule has 0 fully saturated rings. The molecule has 2 aromatic rings. The summed E-state index contributed by atoms with van der Waals surface area (Å²) in [5.74, 6) is -0.872. The van der Waals surface area contributed by atoms with Crippen LogP contribution in [0.5, 0.6) is 11.5 Å². The van der Waals surface area contributed by atoms with Crippen LogP contribution in [0.1, 0.15) is 26.3 Å². The van der Waals surface area contributed by atoms with Gasteiger partial charge in [0.25, 0.3) is 11.2 Å². The first-order valence-corrected chi connectivity index (χ1v) is 9.02. The normalized spacial score (nSPS) is 13.1. The molecule has 2 rings (SSSR count). The van der Waals surface area contributed by atoms with Crippen molar-refractivity contribution in [3.8, 4) is 11.5 Å². The molecule has 0 spiro atoms. The van der Waals surface area contributed by atoms with Crippen molar-refractivity contribution in [2.75, 3.05) is 7.11 Å². The molecule has 0 bridgehead atoms. The number of rotatable bonds is 6. The number of aromatic amines is 1. The van der Waals surface area contributed by atoms with Gasteiger partial charge in [-0.25, -0.2) is 0 Å². The van der Waals surface area contributed by atoms with Gasteiger partial charge in [-0.3, -0.25) is 19.7 Å². The van der Waals surface area contributed by atoms with E-state index in [9.17, 15) is 28.5 Å². The number of H-pyrrole nitrogens is 1. The Bertz CT molecular complexity index is 1110. The van der Waals surface area contributed by atoms with E-state index >= 15 is 0 Å². The van der Waals surface area contributed by atoms with Crippen LogP contribution in [0, 0.1) is 15.5 Å². The fraction of sp³-hybridized carbons (Fsp3) is 0.333. The van der Waals surface area contributed by atoms with E-state index in [1.54, 1.807) is 20.8 Å². The molecule has 0 aliphatic rings. The molecule has 29 heavy (non-hydrogen) atoms. The van der Waals surface area contributed by atoms with Crippen LogP contribution >= 0.6 is 11.3 Å². The van der Waals surface area contributed by atoms with Gasteiger partial charge < -0.3 is 14.5 Å². The molecule has 0 atom stereocenters. The smallest absolute Gasteiger partial charge is 0.387 e. The van der Waals surface area contributed by atoms with Crippen LogP contribution in [0.4, 0.5) is 14.5 Å². The summed E-state index contributed by atoms with van der Waals surface area (Å²) in [4.78, 5) is 37.4. The number of alkyl halides is 2. The van der Waals surface area contributed by atoms with Crippen LogP contribution in [0.3, 0.4) is 0 Å². The molecule has 0 aliphatic heterocycles. The molecule has 0 saturated heterocycles. The number of carbonyl (C=O) groups excluding carboxylic acids is 1. The number of ether oxygens (including phenoxy) is 2. The molecule has 1 aromatic carbocycles. The number of hydrogen-bond donors (Lipinski definition) is 1. The minimum Gasteiger partial charge on any atom is -0.493 e. The van der Waals surface area contributed by atoms with Crippen molar-refractivity contribution < 1.29 is 28.0 Å². The summed E-state index contributed by atoms with van der Waals surface area (Å²) in [5, 5.41) is 11.4. The summed E-state index contributed by atoms with van der Waals surface area (Å²) in [5.41, 5.74) is -1.79. The van der Waals surface area contributed by atoms with Gasteiger partial charge in [0.05, 0.1) is 32.9 Å². The Morgan fingerprint density at radius 1 is 1.31 bits per heavy atom. The van der Waals surface area contributed by atoms with Crippen molar-refractivity contribution in [3.05, 3.63) is 47.4 Å². The number of ketones is 1. The van der Waals surface area contributed by atoms with Crippen LogP contribution in [-0.2, 0) is 4.79 Å². The molecule has 0 radical (unpaired) electrons. The van der Waals surface area contributed by atoms with Gasteiger partial charge in [-0.15, -0.1) is 11.3 Å². The Morgan fingerprint density at radius 3 is 2.48 bits per heavy atom. The van der Waals surface area contributed by atoms with E-state index in [-0.39, 0.29) is 26.3 Å². The largest absolute Gasteiger partial charge is 0.493 e. The predicted octanol–water partition coefficient (Wildman–Crippen LogP) is 2.18. The van der Waals surface area contributed by atoms with Gasteiger partial charge in [0.15, 0.2) is 17.3 Å². The highest BCUT2D eigenvalue weighted by molar-refractivity contribution is 7.07. The summed E-state index contributed by atoms with van der Waals surface area (Å²) in [6, 6.07) is 1.92. The molecule has 0 aliphatic carbocycles. The highest BCUT2D eigenvalue weighted by Gasteiger charge is 2.21. The van der Waals surface area contributed by atoms with E-state index in [4.69, 9.17) is 4.74 Å². The summed E-state index contributed by atoms with van der Waals surface area (Å²) in [7, 11) is 1.19. The second-order valence-corrected chi connectivity index (χ2v) is 7.97. The van der Waals surface area contributed by atoms with Crippen molar-refractivity contribution in [1.82, 2.24) is 4.98 Å². The van der Waals surface area contributed by atoms with E-state index in [2.05, 4.69) is 9.72 Å². The number of Topliss-reactive ketones (excluding diaryl/α,β-unsaturated/α-hetero) is 1. The zero-order valence-electron chi connectivity index (χ0n) is 15.9. The maximum Gasteiger partial charge on any atom is 0.387 e. The first kappa shape index (κ1) is 22.2. The number of carbonyl (C=O) groups is 1. The molecule has 156 valence electrons. The molecular weight excluding hydrogens is 410 g/mol. The van der Waals surface area contributed by atoms with Crippen molar-refractivity contribution >= 4 is 35.0 Å². The number of nitrogens with zero attached hydrogens (tertiary/aromatic N) is 1. The molecule has 8 nitrogen and oxygen atoms in total. The molecule has 11 heteroatoms. The van der Waals surface area contributed by atoms with Crippen LogP contribution in [0.25, 0.3) is 12.2 Å². The summed E-state index contributed by atoms with van der Waals surface area (Å²) < 4.78 is 34.6. The topological polar surface area (TPSA) is 112 Å². The van der Waals surface area contributed by atoms with E-state index in [1.807, 2.05) is 0 Å². The predicted molar refractivity (Wildman–Crippen MR) is 103 cm³/mol. The van der Waals surface area contributed by atoms with Crippen LogP contribution < -0.4 is 24.2 Å². The zero-order valence-corrected chi connectivity index (χ0v) is 16.8. The SMILES string of the molecule is COc1cc(/C=c2\s/c(=C\C(=O)C(C)(C)C)[nH]c2=O)c([N+](=O)[O-])cc1OC(F)F. The van der Waals surface area contributed by atoms with E-state index in [0.29, 0.717) is 0 Å². The van der Waals surface area contributed by atoms with Gasteiger partial charge in [-0.2, -0.15) is 8.78 Å². The second kappa shape index (κ2) is 8.52. The molecule has 1 aromatic heterocycles. The number of hydrogen-bond acceptors (Lipinski definition) is 7. The van der Waals surface area contributed by atoms with Crippen molar-refractivity contribution in [2.24, 2.45) is 5.41 Å². The zero-order chi connectivity index (χ0) is 21.9. The summed E-state index contributed by atoms with van der Waals surface area (Å²) >= 11 is 0.933. The third-order valence-corrected chi connectivity index (χ3v) is 4.66. The lowest BCUT2D eigenvalue weighted by Gasteiger charge is -2.12. The van der Waals surface area contributed by atoms with E-state index in [0.717, 1.165) is 23.5 Å². The van der Waals surface area contributed by atoms with Gasteiger partial charge in [0, 0.05) is 11.5 Å². The maximum absolute atomic E-state index is 12.5. The number of halogens is 2. The van der Waals surface area contributed by atoms with Crippen LogP contribution in [0.2, 0.25) is 0 Å². The highest BCUT2D eigenvalue weighted by Crippen LogP contribution is 2.35. The molecule has 1 heterocycles. The maximum atomic E-state index is 12.5. The first-order chi connectivity index (χ1) is 13.4. The lowest BCUT2D eigenvalue weighted by molar-refractivity contribution is -0.385. The molecular formula is C18H18F2N2O6S. The number of nitrogens with one attached hydrogen (secondary N) is 1. The fourth-order valence-electron chi connectivity index (χ4n) is 2.19. The van der Waals surface area contributed by atoms with Crippen LogP contribution in [-0.4, -0.2) is 29.4 Å². The van der Waals surface area contributed by atoms with Crippen molar-refractivity contribution in [2.45, 2.75) is 27.4 Å². The quantitative estimate of drug-likeness (QED) is 0.558. The van der Waals surface area contributed by atoms with Crippen LogP contribution in [0.15, 0.2) is 16.9 Å². The Balaban J connectivity index is 2.65. The standard InChI is InChI=1S/C18H18F2N2O6S/c1-18(2,3)14(23)8-15-21-16(24)13(29-15)6-9-5-11(27-4)12(28-17(19)20)7-10(9)22(25)26/h5-8,17H,1-4H3,(H,21,24)/b13-6-,15-8-. The minimum atomic E-state index is -3.20. The summed E-state index contributed by atoms with van der Waals surface area (Å²) in [6.45, 7) is 1.98. The lowest BCUT2D eigenvalue weighted by Crippen LogP contribution is -2.22. The molecule has 0 unspecified atom stereocenters. The van der Waals surface area contributed by atoms with Gasteiger partial charge in [-0.05, 0) is 12.1 Å². The number of benzene rings is 1. The number of methoxy groups -OCH3 is 1. The van der Waals surface area contributed by atoms with Gasteiger partial charge in [0.2, 0.25) is 0 Å². The van der Waals surface area contributed by atoms with Crippen molar-refractivity contribution in [1.29, 1.82) is 0 Å². The third kappa shape index (κ3) is 5.47. The number of nitro groups is 1. The molecule has 0 saturated carbocycles. The molecule has 0 amide bonds. The molecule has 1 N–H and O–H groups in total. The van der Waals surface area contributed by atoms with Gasteiger partial charge in [0.1, 0.15) is 0 Å². The van der Waals surface area contributed by atoms with Gasteiger partial charge in [-0.1, -0.05) is 20.8 Å². The fourth-order valence-corrected chi connectivity index (χ4v) is 3.06. The lowest BCUT2D eigenvalue weighted by atomic mass is 9.91. The third-order valence-electron chi connectivity index (χ3n) is 3.69. The highest BCUT2D eigenvalue weighted by atomic mass is 32.1. The van der Waals surface area contributed by atoms with Crippen molar-refractivity contribution in [3.63, 3.8) is 0 Å². The Hall–Kier alpha value is -3.08. The number of nitro benzene ring substituents is 1. The monoisotopic (exact) mass is 428 g/mol. The summed E-state index contributed by atoms with van der Waals surface area (Å²) in [6.07, 6.45) is 2.51. The second-order valence-electron chi connectivity index (χ2n) is 6.89. The Labute approximate surface area is 167 Å².